The van der Waals surface area contributed by atoms with E-state index in [1.165, 1.54) is 89.9 Å². The van der Waals surface area contributed by atoms with Gasteiger partial charge in [0.05, 0.1) is 40.3 Å². The number of carboxylic acid groups (broad SMARTS) is 1. The minimum Gasteiger partial charge on any atom is -0.545 e. The summed E-state index contributed by atoms with van der Waals surface area (Å²) in [5.41, 5.74) is 0. The Morgan fingerprint density at radius 3 is 1.13 bits per heavy atom. The molecule has 0 aliphatic carbocycles. The first kappa shape index (κ1) is 72.0. The number of allylic oxidation sites excluding steroid dienone is 18. The molecule has 0 radical (unpaired) electrons. The molecule has 0 rings (SSSR count). The second kappa shape index (κ2) is 57.1. The Kier molecular flexibility index (Phi) is 54.1. The van der Waals surface area contributed by atoms with Crippen molar-refractivity contribution in [2.75, 3.05) is 47.5 Å². The molecule has 0 bridgehead atoms. The zero-order chi connectivity index (χ0) is 55.5. The molecule has 9 nitrogen and oxygen atoms in total. The molecule has 0 aromatic rings. The molecule has 9 heteroatoms. The van der Waals surface area contributed by atoms with Crippen molar-refractivity contribution in [2.45, 2.75) is 251 Å². The number of carbonyl (C=O) groups is 3. The predicted molar refractivity (Wildman–Crippen MR) is 320 cm³/mol. The van der Waals surface area contributed by atoms with Crippen LogP contribution >= 0.6 is 0 Å². The van der Waals surface area contributed by atoms with Crippen LogP contribution in [-0.2, 0) is 33.3 Å². The van der Waals surface area contributed by atoms with E-state index in [-0.39, 0.29) is 38.6 Å². The Bertz CT molecular complexity index is 1610. The molecule has 0 heterocycles. The number of nitrogens with zero attached hydrogens (tertiary/aromatic N) is 1. The lowest BCUT2D eigenvalue weighted by Crippen LogP contribution is -2.44. The highest BCUT2D eigenvalue weighted by molar-refractivity contribution is 5.70. The summed E-state index contributed by atoms with van der Waals surface area (Å²) in [5.74, 6) is -2.30. The minimum absolute atomic E-state index is 0.141. The molecule has 0 fully saturated rings. The van der Waals surface area contributed by atoms with Gasteiger partial charge < -0.3 is 33.3 Å². The summed E-state index contributed by atoms with van der Waals surface area (Å²) in [6, 6.07) is 0. The summed E-state index contributed by atoms with van der Waals surface area (Å²) < 4.78 is 22.7. The van der Waals surface area contributed by atoms with Gasteiger partial charge in [0.2, 0.25) is 0 Å². The van der Waals surface area contributed by atoms with Gasteiger partial charge in [-0.05, 0) is 103 Å². The van der Waals surface area contributed by atoms with Gasteiger partial charge in [0, 0.05) is 12.8 Å². The Hall–Kier alpha value is -4.05. The van der Waals surface area contributed by atoms with Crippen molar-refractivity contribution < 1.29 is 42.9 Å². The zero-order valence-corrected chi connectivity index (χ0v) is 49.3. The van der Waals surface area contributed by atoms with Crippen LogP contribution in [0, 0.1) is 0 Å². The number of carboxylic acids is 1. The Balaban J connectivity index is 4.20. The fourth-order valence-electron chi connectivity index (χ4n) is 8.08. The summed E-state index contributed by atoms with van der Waals surface area (Å²) in [6.07, 6.45) is 75.7. The molecular formula is C67H113NO8. The lowest BCUT2D eigenvalue weighted by atomic mass is 10.0. The van der Waals surface area contributed by atoms with Gasteiger partial charge >= 0.3 is 11.9 Å². The van der Waals surface area contributed by atoms with E-state index in [0.29, 0.717) is 17.4 Å². The number of carbonyl (C=O) groups excluding carboxylic acids is 3. The fourth-order valence-corrected chi connectivity index (χ4v) is 8.08. The molecule has 2 atom stereocenters. The molecule has 0 aliphatic rings. The minimum atomic E-state index is -1.63. The van der Waals surface area contributed by atoms with E-state index in [4.69, 9.17) is 18.9 Å². The summed E-state index contributed by atoms with van der Waals surface area (Å²) in [7, 11) is 5.91. The summed E-state index contributed by atoms with van der Waals surface area (Å²) in [4.78, 5) is 37.3. The molecule has 0 aliphatic heterocycles. The molecular weight excluding hydrogens is 947 g/mol. The third kappa shape index (κ3) is 57.7. The first-order valence-corrected chi connectivity index (χ1v) is 30.5. The smallest absolute Gasteiger partial charge is 0.306 e. The Morgan fingerprint density at radius 1 is 0.408 bits per heavy atom. The Labute approximate surface area is 466 Å². The van der Waals surface area contributed by atoms with Crippen molar-refractivity contribution in [3.05, 3.63) is 109 Å². The van der Waals surface area contributed by atoms with Crippen molar-refractivity contribution >= 4 is 17.9 Å². The summed E-state index contributed by atoms with van der Waals surface area (Å²) in [6.45, 7) is 4.61. The van der Waals surface area contributed by atoms with Crippen LogP contribution < -0.4 is 5.11 Å². The maximum atomic E-state index is 12.9. The molecule has 0 N–H and O–H groups in total. The number of ether oxygens (including phenoxy) is 4. The lowest BCUT2D eigenvalue weighted by Gasteiger charge is -2.26. The van der Waals surface area contributed by atoms with E-state index >= 15 is 0 Å². The van der Waals surface area contributed by atoms with Gasteiger partial charge in [-0.1, -0.05) is 232 Å². The van der Waals surface area contributed by atoms with Crippen LogP contribution in [0.15, 0.2) is 109 Å². The number of hydrogen-bond donors (Lipinski definition) is 0. The van der Waals surface area contributed by atoms with Gasteiger partial charge in [0.15, 0.2) is 12.4 Å². The van der Waals surface area contributed by atoms with E-state index in [9.17, 15) is 19.5 Å². The number of likely N-dealkylation sites (N-methyl/N-ethyl adjacent to an activating group) is 1. The van der Waals surface area contributed by atoms with E-state index in [1.54, 1.807) is 0 Å². The Morgan fingerprint density at radius 2 is 0.750 bits per heavy atom. The number of rotatable bonds is 55. The van der Waals surface area contributed by atoms with Gasteiger partial charge in [-0.25, -0.2) is 0 Å². The maximum Gasteiger partial charge on any atom is 0.306 e. The topological polar surface area (TPSA) is 111 Å². The van der Waals surface area contributed by atoms with E-state index in [1.807, 2.05) is 21.1 Å². The summed E-state index contributed by atoms with van der Waals surface area (Å²) in [5, 5.41) is 11.8. The van der Waals surface area contributed by atoms with Crippen LogP contribution in [0.1, 0.15) is 239 Å². The van der Waals surface area contributed by atoms with Gasteiger partial charge in [0.25, 0.3) is 0 Å². The van der Waals surface area contributed by atoms with Crippen LogP contribution in [0.5, 0.6) is 0 Å². The van der Waals surface area contributed by atoms with Crippen LogP contribution in [0.3, 0.4) is 0 Å². The predicted octanol–water partition coefficient (Wildman–Crippen LogP) is 17.0. The number of unbranched alkanes of at least 4 members (excludes halogenated alkanes) is 22. The SMILES string of the molecule is CC/C=C\C/C=C\C/C=C\C/C=C\C/C=C\C/C=C\C/C=C\C/C=C\CCCCCCCCCCCCC(=O)OC(COC(=O)CCCCCCC/C=C\CCCCCCCCC)COC(OCC[N+](C)(C)C)C(=O)[O-]. The highest BCUT2D eigenvalue weighted by Gasteiger charge is 2.22. The highest BCUT2D eigenvalue weighted by atomic mass is 16.7. The molecule has 0 saturated carbocycles. The number of aliphatic carboxylic acids is 1. The standard InChI is InChI=1S/C67H113NO8/c1-6-8-10-12-14-16-18-20-22-24-25-26-27-28-29-30-31-32-33-34-35-36-37-38-39-40-41-42-44-46-48-50-52-54-56-58-65(70)76-63(62-75-67(66(71)72)73-60-59-68(3,4)5)61-74-64(69)57-55-53-51-49-47-45-43-23-21-19-17-15-13-11-9-7-2/h8,10,14,16,20,22-23,25-26,28-29,31-32,34-35,37-38,43,63,67H,6-7,9,11-13,15,17-19,21,24,27,30,33,36,39-42,44-62H2,1-5H3/b10-8-,16-14-,22-20-,26-25-,29-28-,32-31-,35-34-,38-37-,43-23-. The van der Waals surface area contributed by atoms with Crippen LogP contribution in [0.25, 0.3) is 0 Å². The van der Waals surface area contributed by atoms with Gasteiger partial charge in [-0.15, -0.1) is 0 Å². The average Bonchev–Trinajstić information content (AvgIpc) is 3.39. The van der Waals surface area contributed by atoms with Crippen molar-refractivity contribution in [1.82, 2.24) is 0 Å². The summed E-state index contributed by atoms with van der Waals surface area (Å²) >= 11 is 0. The van der Waals surface area contributed by atoms with E-state index < -0.39 is 24.3 Å². The van der Waals surface area contributed by atoms with Crippen LogP contribution in [0.4, 0.5) is 0 Å². The quantitative estimate of drug-likeness (QED) is 0.0195. The molecule has 2 unspecified atom stereocenters. The van der Waals surface area contributed by atoms with Gasteiger partial charge in [0.1, 0.15) is 13.2 Å². The molecule has 434 valence electrons. The van der Waals surface area contributed by atoms with E-state index in [2.05, 4.69) is 123 Å². The number of hydrogen-bond acceptors (Lipinski definition) is 8. The van der Waals surface area contributed by atoms with Gasteiger partial charge in [-0.3, -0.25) is 9.59 Å². The third-order valence-corrected chi connectivity index (χ3v) is 12.8. The maximum absolute atomic E-state index is 12.9. The molecule has 0 aromatic heterocycles. The second-order valence-corrected chi connectivity index (χ2v) is 21.3. The van der Waals surface area contributed by atoms with Crippen LogP contribution in [0.2, 0.25) is 0 Å². The van der Waals surface area contributed by atoms with E-state index in [0.717, 1.165) is 116 Å². The molecule has 76 heavy (non-hydrogen) atoms. The first-order valence-electron chi connectivity index (χ1n) is 30.5. The van der Waals surface area contributed by atoms with Gasteiger partial charge in [-0.2, -0.15) is 0 Å². The number of esters is 2. The molecule has 0 amide bonds. The molecule has 0 aromatic carbocycles. The van der Waals surface area contributed by atoms with Crippen molar-refractivity contribution in [3.63, 3.8) is 0 Å². The number of quaternary nitrogens is 1. The first-order chi connectivity index (χ1) is 37.1. The average molecular weight is 1060 g/mol. The highest BCUT2D eigenvalue weighted by Crippen LogP contribution is 2.15. The van der Waals surface area contributed by atoms with Crippen molar-refractivity contribution in [2.24, 2.45) is 0 Å². The lowest BCUT2D eigenvalue weighted by molar-refractivity contribution is -0.870. The normalized spacial score (nSPS) is 13.5. The van der Waals surface area contributed by atoms with Crippen LogP contribution in [-0.4, -0.2) is 82.3 Å². The third-order valence-electron chi connectivity index (χ3n) is 12.8. The monoisotopic (exact) mass is 1060 g/mol. The second-order valence-electron chi connectivity index (χ2n) is 21.3. The van der Waals surface area contributed by atoms with Crippen molar-refractivity contribution in [3.8, 4) is 0 Å². The fraction of sp³-hybridized carbons (Fsp3) is 0.687. The molecule has 0 spiro atoms. The largest absolute Gasteiger partial charge is 0.545 e. The molecule has 0 saturated heterocycles. The zero-order valence-electron chi connectivity index (χ0n) is 49.3. The van der Waals surface area contributed by atoms with Crippen molar-refractivity contribution in [1.29, 1.82) is 0 Å².